The maximum atomic E-state index is 11.5. The Morgan fingerprint density at radius 2 is 2.17 bits per heavy atom. The van der Waals surface area contributed by atoms with Crippen LogP contribution in [-0.2, 0) is 22.0 Å². The lowest BCUT2D eigenvalue weighted by atomic mass is 10.1. The average molecular weight is 354 g/mol. The van der Waals surface area contributed by atoms with E-state index in [2.05, 4.69) is 10.2 Å². The summed E-state index contributed by atoms with van der Waals surface area (Å²) in [5, 5.41) is 8.53. The van der Waals surface area contributed by atoms with Gasteiger partial charge in [-0.15, -0.1) is 10.2 Å². The zero-order valence-electron chi connectivity index (χ0n) is 12.8. The highest BCUT2D eigenvalue weighted by atomic mass is 32.2. The van der Waals surface area contributed by atoms with Gasteiger partial charge in [0.2, 0.25) is 5.89 Å². The number of sulfone groups is 1. The monoisotopic (exact) mass is 354 g/mol. The van der Waals surface area contributed by atoms with Crippen LogP contribution < -0.4 is 4.74 Å². The standard InChI is InChI=1S/C15H18N2O4S2/c1-20-13-5-3-2-4-12(13)9-22-15-17-16-14(21-15)8-11-6-7-23(18,19)10-11/h2-5,11H,6-10H2,1H3/t11-/m0/s1. The van der Waals surface area contributed by atoms with Crippen molar-refractivity contribution in [2.75, 3.05) is 18.6 Å². The molecule has 1 aromatic carbocycles. The van der Waals surface area contributed by atoms with E-state index in [1.54, 1.807) is 7.11 Å². The van der Waals surface area contributed by atoms with Crippen molar-refractivity contribution in [1.29, 1.82) is 0 Å². The van der Waals surface area contributed by atoms with Gasteiger partial charge in [-0.25, -0.2) is 8.42 Å². The Hall–Kier alpha value is -1.54. The fraction of sp³-hybridized carbons (Fsp3) is 0.467. The van der Waals surface area contributed by atoms with Crippen molar-refractivity contribution < 1.29 is 17.6 Å². The van der Waals surface area contributed by atoms with Crippen LogP contribution in [0.4, 0.5) is 0 Å². The molecular weight excluding hydrogens is 336 g/mol. The average Bonchev–Trinajstić information content (AvgIpc) is 3.12. The fourth-order valence-corrected chi connectivity index (χ4v) is 5.25. The van der Waals surface area contributed by atoms with Gasteiger partial charge in [-0.05, 0) is 18.4 Å². The summed E-state index contributed by atoms with van der Waals surface area (Å²) in [6, 6.07) is 7.79. The summed E-state index contributed by atoms with van der Waals surface area (Å²) in [7, 11) is -1.23. The normalized spacial score (nSPS) is 19.8. The molecule has 8 heteroatoms. The first-order chi connectivity index (χ1) is 11.1. The number of ether oxygens (including phenoxy) is 1. The van der Waals surface area contributed by atoms with Gasteiger partial charge in [0, 0.05) is 17.7 Å². The first kappa shape index (κ1) is 16.3. The zero-order chi connectivity index (χ0) is 16.3. The van der Waals surface area contributed by atoms with Gasteiger partial charge in [0.15, 0.2) is 9.84 Å². The molecule has 0 unspecified atom stereocenters. The Morgan fingerprint density at radius 1 is 1.35 bits per heavy atom. The Morgan fingerprint density at radius 3 is 2.91 bits per heavy atom. The van der Waals surface area contributed by atoms with Crippen LogP contribution in [0.25, 0.3) is 0 Å². The third-order valence-corrected chi connectivity index (χ3v) is 6.49. The van der Waals surface area contributed by atoms with E-state index in [1.165, 1.54) is 11.8 Å². The zero-order valence-corrected chi connectivity index (χ0v) is 14.4. The second kappa shape index (κ2) is 6.92. The van der Waals surface area contributed by atoms with Crippen LogP contribution in [0.1, 0.15) is 17.9 Å². The van der Waals surface area contributed by atoms with Crippen molar-refractivity contribution >= 4 is 21.6 Å². The van der Waals surface area contributed by atoms with Gasteiger partial charge < -0.3 is 9.15 Å². The Bertz CT molecular complexity index is 773. The highest BCUT2D eigenvalue weighted by molar-refractivity contribution is 7.98. The number of benzene rings is 1. The van der Waals surface area contributed by atoms with E-state index in [9.17, 15) is 8.42 Å². The molecule has 1 fully saturated rings. The molecule has 0 amide bonds. The molecule has 3 rings (SSSR count). The van der Waals surface area contributed by atoms with Gasteiger partial charge in [-0.1, -0.05) is 30.0 Å². The number of thioether (sulfide) groups is 1. The van der Waals surface area contributed by atoms with Crippen LogP contribution in [0.2, 0.25) is 0 Å². The van der Waals surface area contributed by atoms with Crippen LogP contribution in [0.15, 0.2) is 33.9 Å². The van der Waals surface area contributed by atoms with Gasteiger partial charge >= 0.3 is 0 Å². The van der Waals surface area contributed by atoms with Crippen molar-refractivity contribution in [2.45, 2.75) is 23.8 Å². The van der Waals surface area contributed by atoms with E-state index in [1.807, 2.05) is 24.3 Å². The molecule has 0 bridgehead atoms. The molecule has 1 aliphatic rings. The van der Waals surface area contributed by atoms with Gasteiger partial charge in [0.1, 0.15) is 5.75 Å². The molecule has 1 aliphatic heterocycles. The SMILES string of the molecule is COc1ccccc1CSc1nnc(C[C@@H]2CCS(=O)(=O)C2)o1. The predicted octanol–water partition coefficient (Wildman–Crippen LogP) is 2.35. The van der Waals surface area contributed by atoms with Crippen molar-refractivity contribution in [3.8, 4) is 5.75 Å². The van der Waals surface area contributed by atoms with E-state index in [-0.39, 0.29) is 17.4 Å². The van der Waals surface area contributed by atoms with E-state index >= 15 is 0 Å². The molecule has 2 heterocycles. The highest BCUT2D eigenvalue weighted by Gasteiger charge is 2.29. The third kappa shape index (κ3) is 4.26. The lowest BCUT2D eigenvalue weighted by Crippen LogP contribution is -2.07. The summed E-state index contributed by atoms with van der Waals surface area (Å²) < 4.78 is 33.9. The summed E-state index contributed by atoms with van der Waals surface area (Å²) in [6.07, 6.45) is 1.20. The number of para-hydroxylation sites is 1. The van der Waals surface area contributed by atoms with Crippen molar-refractivity contribution in [3.05, 3.63) is 35.7 Å². The molecule has 124 valence electrons. The Labute approximate surface area is 139 Å². The topological polar surface area (TPSA) is 82.3 Å². The molecular formula is C15H18N2O4S2. The number of aromatic nitrogens is 2. The van der Waals surface area contributed by atoms with Gasteiger partial charge in [0.25, 0.3) is 5.22 Å². The lowest BCUT2D eigenvalue weighted by Gasteiger charge is -2.05. The first-order valence-corrected chi connectivity index (χ1v) is 10.1. The number of nitrogens with zero attached hydrogens (tertiary/aromatic N) is 2. The van der Waals surface area contributed by atoms with Crippen LogP contribution in [0.3, 0.4) is 0 Å². The number of hydrogen-bond donors (Lipinski definition) is 0. The maximum absolute atomic E-state index is 11.5. The fourth-order valence-electron chi connectivity index (χ4n) is 2.62. The van der Waals surface area contributed by atoms with Crippen LogP contribution in [-0.4, -0.2) is 37.2 Å². The van der Waals surface area contributed by atoms with Crippen LogP contribution in [0.5, 0.6) is 5.75 Å². The molecule has 0 radical (unpaired) electrons. The van der Waals surface area contributed by atoms with Crippen molar-refractivity contribution in [2.24, 2.45) is 5.92 Å². The second-order valence-corrected chi connectivity index (χ2v) is 8.69. The van der Waals surface area contributed by atoms with Crippen LogP contribution in [0, 0.1) is 5.92 Å². The van der Waals surface area contributed by atoms with Crippen LogP contribution >= 0.6 is 11.8 Å². The summed E-state index contributed by atoms with van der Waals surface area (Å²) in [5.74, 6) is 2.59. The summed E-state index contributed by atoms with van der Waals surface area (Å²) >= 11 is 1.44. The quantitative estimate of drug-likeness (QED) is 0.736. The van der Waals surface area contributed by atoms with Gasteiger partial charge in [0.05, 0.1) is 18.6 Å². The minimum atomic E-state index is -2.87. The molecule has 1 atom stereocenters. The van der Waals surface area contributed by atoms with Crippen molar-refractivity contribution in [1.82, 2.24) is 10.2 Å². The molecule has 0 aliphatic carbocycles. The summed E-state index contributed by atoms with van der Waals surface area (Å²) in [5.41, 5.74) is 1.06. The molecule has 6 nitrogen and oxygen atoms in total. The third-order valence-electron chi connectivity index (χ3n) is 3.78. The lowest BCUT2D eigenvalue weighted by molar-refractivity contribution is 0.389. The van der Waals surface area contributed by atoms with Gasteiger partial charge in [-0.2, -0.15) is 0 Å². The van der Waals surface area contributed by atoms with E-state index < -0.39 is 9.84 Å². The Kier molecular flexibility index (Phi) is 4.91. The smallest absolute Gasteiger partial charge is 0.276 e. The molecule has 1 aromatic heterocycles. The Balaban J connectivity index is 1.57. The minimum Gasteiger partial charge on any atom is -0.496 e. The number of hydrogen-bond acceptors (Lipinski definition) is 7. The number of rotatable bonds is 6. The second-order valence-electron chi connectivity index (χ2n) is 5.54. The van der Waals surface area contributed by atoms with E-state index in [4.69, 9.17) is 9.15 Å². The van der Waals surface area contributed by atoms with Gasteiger partial charge in [-0.3, -0.25) is 0 Å². The van der Waals surface area contributed by atoms with Crippen molar-refractivity contribution in [3.63, 3.8) is 0 Å². The summed E-state index contributed by atoms with van der Waals surface area (Å²) in [4.78, 5) is 0. The largest absolute Gasteiger partial charge is 0.496 e. The molecule has 23 heavy (non-hydrogen) atoms. The predicted molar refractivity (Wildman–Crippen MR) is 87.3 cm³/mol. The first-order valence-electron chi connectivity index (χ1n) is 7.33. The minimum absolute atomic E-state index is 0.0903. The molecule has 2 aromatic rings. The van der Waals surface area contributed by atoms with E-state index in [0.29, 0.717) is 29.7 Å². The molecule has 0 N–H and O–H groups in total. The maximum Gasteiger partial charge on any atom is 0.276 e. The molecule has 1 saturated heterocycles. The molecule has 0 saturated carbocycles. The molecule has 0 spiro atoms. The summed E-state index contributed by atoms with van der Waals surface area (Å²) in [6.45, 7) is 0. The van der Waals surface area contributed by atoms with E-state index in [0.717, 1.165) is 11.3 Å². The number of methoxy groups -OCH3 is 1. The highest BCUT2D eigenvalue weighted by Crippen LogP contribution is 2.28.